The number of sulfonamides is 1. The summed E-state index contributed by atoms with van der Waals surface area (Å²) in [6.07, 6.45) is 3.43. The second-order valence-electron chi connectivity index (χ2n) is 8.09. The van der Waals surface area contributed by atoms with Gasteiger partial charge in [0.05, 0.1) is 17.5 Å². The van der Waals surface area contributed by atoms with Crippen molar-refractivity contribution >= 4 is 43.8 Å². The standard InChI is InChI=1S/C22H23F2N3O2S2/c1-31(28,29)26-16-5-6-18-19(14-3-2-4-15(11-14)21(25)30)13-27(20(18)12-16)17-7-9-22(23,24)10-8-17/h2-6,11-13,17,26H,7-10H2,1H3,(H2,25,30). The number of nitrogens with two attached hydrogens (primary N) is 1. The van der Waals surface area contributed by atoms with Gasteiger partial charge in [-0.05, 0) is 36.6 Å². The Hall–Kier alpha value is -2.52. The lowest BCUT2D eigenvalue weighted by atomic mass is 9.92. The molecule has 1 aliphatic carbocycles. The summed E-state index contributed by atoms with van der Waals surface area (Å²) in [6, 6.07) is 12.8. The third-order valence-electron chi connectivity index (χ3n) is 5.68. The number of fused-ring (bicyclic) bond motifs is 1. The topological polar surface area (TPSA) is 77.1 Å². The Kier molecular flexibility index (Phi) is 5.51. The lowest BCUT2D eigenvalue weighted by Gasteiger charge is -2.29. The third kappa shape index (κ3) is 4.72. The summed E-state index contributed by atoms with van der Waals surface area (Å²) in [7, 11) is -3.45. The van der Waals surface area contributed by atoms with Gasteiger partial charge >= 0.3 is 0 Å². The number of hydrogen-bond donors (Lipinski definition) is 2. The molecule has 9 heteroatoms. The van der Waals surface area contributed by atoms with Crippen molar-refractivity contribution in [1.29, 1.82) is 0 Å². The van der Waals surface area contributed by atoms with Crippen LogP contribution in [0, 0.1) is 0 Å². The summed E-state index contributed by atoms with van der Waals surface area (Å²) in [4.78, 5) is 0.291. The molecule has 5 nitrogen and oxygen atoms in total. The number of benzene rings is 2. The molecule has 0 amide bonds. The fourth-order valence-electron chi connectivity index (χ4n) is 4.20. The minimum atomic E-state index is -3.45. The minimum absolute atomic E-state index is 0.0943. The Labute approximate surface area is 185 Å². The molecule has 4 rings (SSSR count). The quantitative estimate of drug-likeness (QED) is 0.518. The van der Waals surface area contributed by atoms with Gasteiger partial charge in [-0.2, -0.15) is 0 Å². The first-order valence-electron chi connectivity index (χ1n) is 9.93. The smallest absolute Gasteiger partial charge is 0.248 e. The largest absolute Gasteiger partial charge is 0.389 e. The molecule has 164 valence electrons. The Morgan fingerprint density at radius 3 is 2.55 bits per heavy atom. The summed E-state index contributed by atoms with van der Waals surface area (Å²) in [5, 5.41) is 0.900. The number of aromatic nitrogens is 1. The molecule has 3 N–H and O–H groups in total. The number of hydrogen-bond acceptors (Lipinski definition) is 3. The molecular weight excluding hydrogens is 440 g/mol. The molecule has 2 aromatic carbocycles. The van der Waals surface area contributed by atoms with Crippen LogP contribution < -0.4 is 10.5 Å². The summed E-state index contributed by atoms with van der Waals surface area (Å²) in [5.74, 6) is -2.63. The Bertz CT molecular complexity index is 1260. The van der Waals surface area contributed by atoms with Gasteiger partial charge in [-0.25, -0.2) is 17.2 Å². The molecule has 0 unspecified atom stereocenters. The van der Waals surface area contributed by atoms with Gasteiger partial charge in [0.25, 0.3) is 0 Å². The first-order valence-corrected chi connectivity index (χ1v) is 12.2. The van der Waals surface area contributed by atoms with Crippen LogP contribution in [0.25, 0.3) is 22.0 Å². The van der Waals surface area contributed by atoms with Gasteiger partial charge in [-0.3, -0.25) is 4.72 Å². The Balaban J connectivity index is 1.85. The molecule has 0 atom stereocenters. The van der Waals surface area contributed by atoms with Gasteiger partial charge in [0, 0.05) is 41.6 Å². The molecule has 31 heavy (non-hydrogen) atoms. The van der Waals surface area contributed by atoms with Crippen molar-refractivity contribution in [2.45, 2.75) is 37.6 Å². The molecule has 0 spiro atoms. The van der Waals surface area contributed by atoms with Crippen LogP contribution in [0.3, 0.4) is 0 Å². The van der Waals surface area contributed by atoms with Crippen molar-refractivity contribution in [2.24, 2.45) is 5.73 Å². The normalized spacial score (nSPS) is 17.0. The van der Waals surface area contributed by atoms with Crippen LogP contribution in [0.5, 0.6) is 0 Å². The molecule has 0 radical (unpaired) electrons. The van der Waals surface area contributed by atoms with E-state index in [9.17, 15) is 17.2 Å². The van der Waals surface area contributed by atoms with E-state index in [1.807, 2.05) is 41.1 Å². The van der Waals surface area contributed by atoms with E-state index in [0.717, 1.165) is 33.8 Å². The van der Waals surface area contributed by atoms with Crippen LogP contribution in [-0.4, -0.2) is 30.2 Å². The lowest BCUT2D eigenvalue weighted by Crippen LogP contribution is -2.26. The molecule has 0 aliphatic heterocycles. The van der Waals surface area contributed by atoms with E-state index >= 15 is 0 Å². The van der Waals surface area contributed by atoms with Gasteiger partial charge in [-0.1, -0.05) is 36.5 Å². The zero-order valence-corrected chi connectivity index (χ0v) is 18.6. The van der Waals surface area contributed by atoms with Crippen molar-refractivity contribution in [2.75, 3.05) is 11.0 Å². The van der Waals surface area contributed by atoms with Crippen LogP contribution in [0.4, 0.5) is 14.5 Å². The van der Waals surface area contributed by atoms with Crippen LogP contribution in [0.15, 0.2) is 48.7 Å². The highest BCUT2D eigenvalue weighted by molar-refractivity contribution is 7.92. The van der Waals surface area contributed by atoms with Gasteiger partial charge in [0.2, 0.25) is 15.9 Å². The van der Waals surface area contributed by atoms with Crippen LogP contribution in [0.1, 0.15) is 37.3 Å². The fourth-order valence-corrected chi connectivity index (χ4v) is 4.89. The summed E-state index contributed by atoms with van der Waals surface area (Å²) < 4.78 is 55.4. The number of nitrogens with one attached hydrogen (secondary N) is 1. The molecule has 1 heterocycles. The van der Waals surface area contributed by atoms with Crippen molar-refractivity contribution in [3.8, 4) is 11.1 Å². The monoisotopic (exact) mass is 463 g/mol. The van der Waals surface area contributed by atoms with Crippen molar-refractivity contribution < 1.29 is 17.2 Å². The van der Waals surface area contributed by atoms with E-state index in [0.29, 0.717) is 23.5 Å². The van der Waals surface area contributed by atoms with Crippen molar-refractivity contribution in [3.05, 3.63) is 54.2 Å². The van der Waals surface area contributed by atoms with E-state index in [1.165, 1.54) is 0 Å². The van der Waals surface area contributed by atoms with E-state index < -0.39 is 15.9 Å². The maximum atomic E-state index is 13.7. The maximum Gasteiger partial charge on any atom is 0.248 e. The molecule has 1 aliphatic rings. The summed E-state index contributed by atoms with van der Waals surface area (Å²) >= 11 is 5.10. The number of rotatable bonds is 5. The summed E-state index contributed by atoms with van der Waals surface area (Å²) in [6.45, 7) is 0. The maximum absolute atomic E-state index is 13.7. The van der Waals surface area contributed by atoms with Crippen LogP contribution >= 0.6 is 12.2 Å². The average Bonchev–Trinajstić information content (AvgIpc) is 3.05. The number of anilines is 1. The first-order chi connectivity index (χ1) is 14.5. The molecule has 1 saturated carbocycles. The number of halogens is 2. The molecule has 1 aromatic heterocycles. The summed E-state index contributed by atoms with van der Waals surface area (Å²) in [5.41, 5.74) is 9.56. The number of nitrogens with zero attached hydrogens (tertiary/aromatic N) is 1. The molecule has 1 fully saturated rings. The Morgan fingerprint density at radius 1 is 1.19 bits per heavy atom. The highest BCUT2D eigenvalue weighted by Crippen LogP contribution is 2.42. The molecule has 0 bridgehead atoms. The highest BCUT2D eigenvalue weighted by atomic mass is 32.2. The first kappa shape index (κ1) is 21.7. The van der Waals surface area contributed by atoms with E-state index in [-0.39, 0.29) is 18.9 Å². The average molecular weight is 464 g/mol. The van der Waals surface area contributed by atoms with Gasteiger partial charge < -0.3 is 10.3 Å². The van der Waals surface area contributed by atoms with E-state index in [4.69, 9.17) is 18.0 Å². The van der Waals surface area contributed by atoms with Crippen molar-refractivity contribution in [3.63, 3.8) is 0 Å². The predicted molar refractivity (Wildman–Crippen MR) is 124 cm³/mol. The third-order valence-corrected chi connectivity index (χ3v) is 6.52. The second kappa shape index (κ2) is 7.87. The second-order valence-corrected chi connectivity index (χ2v) is 10.3. The minimum Gasteiger partial charge on any atom is -0.389 e. The van der Waals surface area contributed by atoms with E-state index in [2.05, 4.69) is 4.72 Å². The van der Waals surface area contributed by atoms with Crippen molar-refractivity contribution in [1.82, 2.24) is 4.57 Å². The lowest BCUT2D eigenvalue weighted by molar-refractivity contribution is -0.0435. The zero-order valence-electron chi connectivity index (χ0n) is 16.9. The molecule has 3 aromatic rings. The Morgan fingerprint density at radius 2 is 1.90 bits per heavy atom. The van der Waals surface area contributed by atoms with Gasteiger partial charge in [-0.15, -0.1) is 0 Å². The van der Waals surface area contributed by atoms with Gasteiger partial charge in [0.1, 0.15) is 4.99 Å². The molecular formula is C22H23F2N3O2S2. The SMILES string of the molecule is CS(=O)(=O)Nc1ccc2c(-c3cccc(C(N)=S)c3)cn(C3CCC(F)(F)CC3)c2c1. The zero-order chi connectivity index (χ0) is 22.4. The number of alkyl halides is 2. The fraction of sp³-hybridized carbons (Fsp3) is 0.318. The highest BCUT2D eigenvalue weighted by Gasteiger charge is 2.36. The van der Waals surface area contributed by atoms with E-state index in [1.54, 1.807) is 12.1 Å². The predicted octanol–water partition coefficient (Wildman–Crippen LogP) is 5.06. The van der Waals surface area contributed by atoms with Crippen LogP contribution in [-0.2, 0) is 10.0 Å². The van der Waals surface area contributed by atoms with Crippen LogP contribution in [0.2, 0.25) is 0 Å². The number of thiocarbonyl (C=S) groups is 1. The molecule has 0 saturated heterocycles. The van der Waals surface area contributed by atoms with Gasteiger partial charge in [0.15, 0.2) is 0 Å².